The number of fused-ring (bicyclic) bond motifs is 1. The zero-order chi connectivity index (χ0) is 17.8. The van der Waals surface area contributed by atoms with Gasteiger partial charge in [-0.25, -0.2) is 4.79 Å². The maximum absolute atomic E-state index is 11.9. The number of carbonyl (C=O) groups is 1. The van der Waals surface area contributed by atoms with Crippen LogP contribution in [0.1, 0.15) is 17.2 Å². The highest BCUT2D eigenvalue weighted by molar-refractivity contribution is 5.89. The third-order valence-corrected chi connectivity index (χ3v) is 4.11. The number of phenolic OH excluding ortho intramolecular Hbond substituents is 1. The Hall–Kier alpha value is -3.21. The Morgan fingerprint density at radius 1 is 1.04 bits per heavy atom. The lowest BCUT2D eigenvalue weighted by Crippen LogP contribution is -2.29. The monoisotopic (exact) mass is 337 g/mol. The molecule has 0 aliphatic rings. The molecule has 0 aliphatic heterocycles. The van der Waals surface area contributed by atoms with E-state index in [-0.39, 0.29) is 5.75 Å². The molecule has 2 N–H and O–H groups in total. The number of carbonyl (C=O) groups excluding carboxylic acids is 1. The fraction of sp³-hybridized carbons (Fsp3) is 0.150. The van der Waals surface area contributed by atoms with Crippen LogP contribution in [0.3, 0.4) is 0 Å². The first-order valence-corrected chi connectivity index (χ1v) is 7.83. The first kappa shape index (κ1) is 16.6. The number of hydrogen-bond donors (Lipinski definition) is 2. The molecule has 0 bridgehead atoms. The van der Waals surface area contributed by atoms with Gasteiger partial charge in [0.2, 0.25) is 0 Å². The van der Waals surface area contributed by atoms with Crippen LogP contribution in [0.5, 0.6) is 11.5 Å². The predicted octanol–water partition coefficient (Wildman–Crippen LogP) is 4.00. The molecule has 1 amide bonds. The van der Waals surface area contributed by atoms with Gasteiger partial charge < -0.3 is 19.9 Å². The van der Waals surface area contributed by atoms with E-state index in [2.05, 4.69) is 5.32 Å². The highest BCUT2D eigenvalue weighted by Gasteiger charge is 2.23. The van der Waals surface area contributed by atoms with Crippen molar-refractivity contribution in [2.45, 2.75) is 6.04 Å². The molecule has 1 unspecified atom stereocenters. The highest BCUT2D eigenvalue weighted by Crippen LogP contribution is 2.36. The Morgan fingerprint density at radius 3 is 2.60 bits per heavy atom. The molecular weight excluding hydrogens is 318 g/mol. The van der Waals surface area contributed by atoms with Gasteiger partial charge in [-0.3, -0.25) is 0 Å². The van der Waals surface area contributed by atoms with Crippen molar-refractivity contribution in [3.8, 4) is 11.5 Å². The molecule has 1 atom stereocenters. The van der Waals surface area contributed by atoms with Crippen molar-refractivity contribution >= 4 is 16.9 Å². The van der Waals surface area contributed by atoms with Crippen LogP contribution in [-0.2, 0) is 4.74 Å². The van der Waals surface area contributed by atoms with Crippen LogP contribution in [0, 0.1) is 0 Å². The van der Waals surface area contributed by atoms with Gasteiger partial charge in [0.1, 0.15) is 11.5 Å². The SMILES string of the molecule is COC(=O)NC(c1cccc(OC)c1)c1c(O)ccc2ccccc12. The Labute approximate surface area is 145 Å². The van der Waals surface area contributed by atoms with E-state index < -0.39 is 12.1 Å². The summed E-state index contributed by atoms with van der Waals surface area (Å²) in [5, 5.41) is 15.2. The minimum Gasteiger partial charge on any atom is -0.508 e. The number of alkyl carbamates (subject to hydrolysis) is 1. The molecule has 3 aromatic rings. The summed E-state index contributed by atoms with van der Waals surface area (Å²) < 4.78 is 10.1. The number of ether oxygens (including phenoxy) is 2. The van der Waals surface area contributed by atoms with Gasteiger partial charge in [-0.2, -0.15) is 0 Å². The molecule has 0 radical (unpaired) electrons. The molecule has 0 spiro atoms. The summed E-state index contributed by atoms with van der Waals surface area (Å²) in [6, 6.07) is 17.9. The number of rotatable bonds is 4. The number of benzene rings is 3. The van der Waals surface area contributed by atoms with Crippen LogP contribution in [0.2, 0.25) is 0 Å². The Balaban J connectivity index is 2.21. The molecular formula is C20H19NO4. The molecule has 0 aromatic heterocycles. The Morgan fingerprint density at radius 2 is 1.84 bits per heavy atom. The van der Waals surface area contributed by atoms with Crippen molar-refractivity contribution in [3.63, 3.8) is 0 Å². The molecule has 25 heavy (non-hydrogen) atoms. The van der Waals surface area contributed by atoms with Gasteiger partial charge in [-0.15, -0.1) is 0 Å². The van der Waals surface area contributed by atoms with E-state index in [0.29, 0.717) is 11.3 Å². The second kappa shape index (κ2) is 7.13. The molecule has 0 saturated heterocycles. The molecule has 3 rings (SSSR count). The molecule has 0 fully saturated rings. The van der Waals surface area contributed by atoms with Gasteiger partial charge in [0, 0.05) is 5.56 Å². The number of hydrogen-bond acceptors (Lipinski definition) is 4. The van der Waals surface area contributed by atoms with Crippen molar-refractivity contribution in [2.75, 3.05) is 14.2 Å². The van der Waals surface area contributed by atoms with Crippen molar-refractivity contribution in [3.05, 3.63) is 71.8 Å². The third kappa shape index (κ3) is 3.35. The normalized spacial score (nSPS) is 11.8. The summed E-state index contributed by atoms with van der Waals surface area (Å²) in [6.45, 7) is 0. The maximum Gasteiger partial charge on any atom is 0.407 e. The van der Waals surface area contributed by atoms with Gasteiger partial charge in [0.15, 0.2) is 0 Å². The van der Waals surface area contributed by atoms with Crippen LogP contribution in [0.15, 0.2) is 60.7 Å². The van der Waals surface area contributed by atoms with Crippen molar-refractivity contribution in [1.29, 1.82) is 0 Å². The average molecular weight is 337 g/mol. The number of phenols is 1. The van der Waals surface area contributed by atoms with E-state index >= 15 is 0 Å². The van der Waals surface area contributed by atoms with Crippen LogP contribution in [0.4, 0.5) is 4.79 Å². The van der Waals surface area contributed by atoms with Crippen molar-refractivity contribution in [2.24, 2.45) is 0 Å². The second-order valence-electron chi connectivity index (χ2n) is 5.57. The summed E-state index contributed by atoms with van der Waals surface area (Å²) in [5.74, 6) is 0.761. The topological polar surface area (TPSA) is 67.8 Å². The molecule has 0 heterocycles. The van der Waals surface area contributed by atoms with E-state index in [1.165, 1.54) is 7.11 Å². The third-order valence-electron chi connectivity index (χ3n) is 4.11. The van der Waals surface area contributed by atoms with Gasteiger partial charge in [0.05, 0.1) is 20.3 Å². The summed E-state index contributed by atoms with van der Waals surface area (Å²) in [4.78, 5) is 11.9. The van der Waals surface area contributed by atoms with Gasteiger partial charge >= 0.3 is 6.09 Å². The van der Waals surface area contributed by atoms with E-state index in [1.54, 1.807) is 13.2 Å². The number of aromatic hydroxyl groups is 1. The molecule has 0 saturated carbocycles. The Kier molecular flexibility index (Phi) is 4.75. The zero-order valence-electron chi connectivity index (χ0n) is 14.0. The van der Waals surface area contributed by atoms with E-state index in [0.717, 1.165) is 16.3 Å². The molecule has 0 aliphatic carbocycles. The average Bonchev–Trinajstić information content (AvgIpc) is 2.66. The van der Waals surface area contributed by atoms with E-state index in [4.69, 9.17) is 9.47 Å². The predicted molar refractivity (Wildman–Crippen MR) is 96.0 cm³/mol. The lowest BCUT2D eigenvalue weighted by molar-refractivity contribution is 0.168. The van der Waals surface area contributed by atoms with E-state index in [9.17, 15) is 9.90 Å². The summed E-state index contributed by atoms with van der Waals surface area (Å²) >= 11 is 0. The van der Waals surface area contributed by atoms with Gasteiger partial charge in [-0.1, -0.05) is 42.5 Å². The fourth-order valence-electron chi connectivity index (χ4n) is 2.91. The summed E-state index contributed by atoms with van der Waals surface area (Å²) in [5.41, 5.74) is 1.38. The first-order chi connectivity index (χ1) is 12.1. The van der Waals surface area contributed by atoms with Crippen LogP contribution < -0.4 is 10.1 Å². The van der Waals surface area contributed by atoms with Crippen molar-refractivity contribution in [1.82, 2.24) is 5.32 Å². The Bertz CT molecular complexity index is 907. The first-order valence-electron chi connectivity index (χ1n) is 7.83. The maximum atomic E-state index is 11.9. The van der Waals surface area contributed by atoms with E-state index in [1.807, 2.05) is 54.6 Å². The number of methoxy groups -OCH3 is 2. The van der Waals surface area contributed by atoms with Crippen LogP contribution in [-0.4, -0.2) is 25.4 Å². The molecule has 5 nitrogen and oxygen atoms in total. The minimum atomic E-state index is -0.589. The molecule has 3 aromatic carbocycles. The van der Waals surface area contributed by atoms with Crippen LogP contribution in [0.25, 0.3) is 10.8 Å². The highest BCUT2D eigenvalue weighted by atomic mass is 16.5. The fourth-order valence-corrected chi connectivity index (χ4v) is 2.91. The quantitative estimate of drug-likeness (QED) is 0.755. The lowest BCUT2D eigenvalue weighted by Gasteiger charge is -2.22. The summed E-state index contributed by atoms with van der Waals surface area (Å²) in [7, 11) is 2.89. The minimum absolute atomic E-state index is 0.0999. The second-order valence-corrected chi connectivity index (χ2v) is 5.57. The standard InChI is InChI=1S/C20H19NO4/c1-24-15-8-5-7-14(12-15)19(21-20(23)25-2)18-16-9-4-3-6-13(16)10-11-17(18)22/h3-12,19,22H,1-2H3,(H,21,23). The summed E-state index contributed by atoms with van der Waals surface area (Å²) in [6.07, 6.45) is -0.583. The van der Waals surface area contributed by atoms with Gasteiger partial charge in [0.25, 0.3) is 0 Å². The number of amides is 1. The largest absolute Gasteiger partial charge is 0.508 e. The van der Waals surface area contributed by atoms with Crippen molar-refractivity contribution < 1.29 is 19.4 Å². The lowest BCUT2D eigenvalue weighted by atomic mass is 9.92. The zero-order valence-corrected chi connectivity index (χ0v) is 14.0. The molecule has 5 heteroatoms. The smallest absolute Gasteiger partial charge is 0.407 e. The molecule has 128 valence electrons. The van der Waals surface area contributed by atoms with Gasteiger partial charge in [-0.05, 0) is 34.5 Å². The van der Waals surface area contributed by atoms with Crippen LogP contribution >= 0.6 is 0 Å². The number of nitrogens with one attached hydrogen (secondary N) is 1.